The van der Waals surface area contributed by atoms with E-state index in [0.29, 0.717) is 5.41 Å². The van der Waals surface area contributed by atoms with E-state index in [1.165, 1.54) is 12.8 Å². The Morgan fingerprint density at radius 3 is 1.78 bits per heavy atom. The highest BCUT2D eigenvalue weighted by atomic mass is 14.3. The highest BCUT2D eigenvalue weighted by Crippen LogP contribution is 2.31. The molecule has 9 heavy (non-hydrogen) atoms. The summed E-state index contributed by atoms with van der Waals surface area (Å²) < 4.78 is 0. The van der Waals surface area contributed by atoms with Crippen LogP contribution in [0.2, 0.25) is 0 Å². The van der Waals surface area contributed by atoms with Crippen molar-refractivity contribution in [3.05, 3.63) is 0 Å². The van der Waals surface area contributed by atoms with Crippen molar-refractivity contribution in [3.63, 3.8) is 0 Å². The van der Waals surface area contributed by atoms with E-state index in [1.54, 1.807) is 0 Å². The normalized spacial score (nSPS) is 15.7. The molecule has 0 aliphatic carbocycles. The van der Waals surface area contributed by atoms with Gasteiger partial charge in [-0.2, -0.15) is 0 Å². The molecule has 0 bridgehead atoms. The van der Waals surface area contributed by atoms with Crippen molar-refractivity contribution in [2.75, 3.05) is 0 Å². The molecule has 0 radical (unpaired) electrons. The number of rotatable bonds is 3. The first-order chi connectivity index (χ1) is 4.04. The van der Waals surface area contributed by atoms with Gasteiger partial charge in [-0.25, -0.2) is 0 Å². The molecule has 0 unspecified atom stereocenters. The van der Waals surface area contributed by atoms with Gasteiger partial charge in [-0.3, -0.25) is 0 Å². The van der Waals surface area contributed by atoms with Gasteiger partial charge in [0.15, 0.2) is 0 Å². The Bertz CT molecular complexity index is 72.1. The van der Waals surface area contributed by atoms with Gasteiger partial charge in [-0.05, 0) is 11.3 Å². The van der Waals surface area contributed by atoms with E-state index >= 15 is 0 Å². The van der Waals surface area contributed by atoms with Gasteiger partial charge >= 0.3 is 0 Å². The summed E-state index contributed by atoms with van der Waals surface area (Å²) in [4.78, 5) is 0. The van der Waals surface area contributed by atoms with Gasteiger partial charge in [0.2, 0.25) is 0 Å². The highest BCUT2D eigenvalue weighted by molar-refractivity contribution is 4.71. The summed E-state index contributed by atoms with van der Waals surface area (Å²) in [5, 5.41) is 0. The molecule has 0 rings (SSSR count). The zero-order valence-corrected chi connectivity index (χ0v) is 7.49. The predicted molar refractivity (Wildman–Crippen MR) is 43.5 cm³/mol. The molecule has 0 spiro atoms. The van der Waals surface area contributed by atoms with Crippen LogP contribution in [0.5, 0.6) is 0 Å². The van der Waals surface area contributed by atoms with Crippen LogP contribution in [0.25, 0.3) is 0 Å². The van der Waals surface area contributed by atoms with E-state index in [4.69, 9.17) is 0 Å². The molecule has 0 saturated heterocycles. The molecule has 0 fully saturated rings. The summed E-state index contributed by atoms with van der Waals surface area (Å²) in [5.74, 6) is 0.863. The minimum Gasteiger partial charge on any atom is -0.0651 e. The second kappa shape index (κ2) is 3.24. The SMILES string of the molecule is CC[C@H](C)C(C)(C)CC. The first kappa shape index (κ1) is 9.00. The van der Waals surface area contributed by atoms with Crippen LogP contribution in [-0.4, -0.2) is 0 Å². The van der Waals surface area contributed by atoms with Crippen LogP contribution < -0.4 is 0 Å². The Morgan fingerprint density at radius 1 is 1.22 bits per heavy atom. The molecular formula is C9H20. The van der Waals surface area contributed by atoms with Crippen LogP contribution in [0.1, 0.15) is 47.5 Å². The Hall–Kier alpha value is 0. The molecule has 0 aromatic heterocycles. The molecule has 0 aliphatic heterocycles. The van der Waals surface area contributed by atoms with Gasteiger partial charge in [0, 0.05) is 0 Å². The highest BCUT2D eigenvalue weighted by Gasteiger charge is 2.21. The zero-order chi connectivity index (χ0) is 7.49. The predicted octanol–water partition coefficient (Wildman–Crippen LogP) is 3.47. The summed E-state index contributed by atoms with van der Waals surface area (Å²) in [7, 11) is 0. The standard InChI is InChI=1S/C9H20/c1-6-8(3)9(4,5)7-2/h8H,6-7H2,1-5H3/t8-/m0/s1. The summed E-state index contributed by atoms with van der Waals surface area (Å²) >= 11 is 0. The zero-order valence-electron chi connectivity index (χ0n) is 7.49. The Kier molecular flexibility index (Phi) is 3.24. The fraction of sp³-hybridized carbons (Fsp3) is 1.00. The van der Waals surface area contributed by atoms with Gasteiger partial charge in [-0.15, -0.1) is 0 Å². The monoisotopic (exact) mass is 128 g/mol. The molecule has 0 aliphatic rings. The molecule has 0 heteroatoms. The van der Waals surface area contributed by atoms with Crippen molar-refractivity contribution < 1.29 is 0 Å². The quantitative estimate of drug-likeness (QED) is 0.546. The molecule has 1 atom stereocenters. The van der Waals surface area contributed by atoms with Crippen LogP contribution in [0.3, 0.4) is 0 Å². The van der Waals surface area contributed by atoms with E-state index in [0.717, 1.165) is 5.92 Å². The Balaban J connectivity index is 3.80. The van der Waals surface area contributed by atoms with Crippen molar-refractivity contribution in [1.29, 1.82) is 0 Å². The second-order valence-corrected chi connectivity index (χ2v) is 3.65. The van der Waals surface area contributed by atoms with E-state index in [9.17, 15) is 0 Å². The maximum Gasteiger partial charge on any atom is -0.0331 e. The molecule has 0 aromatic carbocycles. The fourth-order valence-electron chi connectivity index (χ4n) is 0.901. The lowest BCUT2D eigenvalue weighted by Gasteiger charge is -2.29. The van der Waals surface area contributed by atoms with Gasteiger partial charge in [0.1, 0.15) is 0 Å². The van der Waals surface area contributed by atoms with Crippen molar-refractivity contribution in [1.82, 2.24) is 0 Å². The average Bonchev–Trinajstić information content (AvgIpc) is 1.86. The molecule has 0 aromatic rings. The van der Waals surface area contributed by atoms with E-state index in [-0.39, 0.29) is 0 Å². The van der Waals surface area contributed by atoms with E-state index in [1.807, 2.05) is 0 Å². The molecule has 0 saturated carbocycles. The fourth-order valence-corrected chi connectivity index (χ4v) is 0.901. The third kappa shape index (κ3) is 2.38. The van der Waals surface area contributed by atoms with Gasteiger partial charge < -0.3 is 0 Å². The third-order valence-electron chi connectivity index (χ3n) is 2.86. The Morgan fingerprint density at radius 2 is 1.67 bits per heavy atom. The second-order valence-electron chi connectivity index (χ2n) is 3.65. The summed E-state index contributed by atoms with van der Waals surface area (Å²) in [6.07, 6.45) is 2.60. The minimum absolute atomic E-state index is 0.550. The molecular weight excluding hydrogens is 108 g/mol. The van der Waals surface area contributed by atoms with Crippen LogP contribution in [0, 0.1) is 11.3 Å². The summed E-state index contributed by atoms with van der Waals surface area (Å²) in [6.45, 7) is 11.6. The van der Waals surface area contributed by atoms with Gasteiger partial charge in [0.05, 0.1) is 0 Å². The maximum absolute atomic E-state index is 2.35. The molecule has 56 valence electrons. The molecule has 0 nitrogen and oxygen atoms in total. The molecule has 0 amide bonds. The number of hydrogen-bond donors (Lipinski definition) is 0. The average molecular weight is 128 g/mol. The van der Waals surface area contributed by atoms with Gasteiger partial charge in [0.25, 0.3) is 0 Å². The van der Waals surface area contributed by atoms with Crippen LogP contribution in [-0.2, 0) is 0 Å². The van der Waals surface area contributed by atoms with Crippen molar-refractivity contribution in [2.24, 2.45) is 11.3 Å². The number of hydrogen-bond acceptors (Lipinski definition) is 0. The van der Waals surface area contributed by atoms with Crippen LogP contribution >= 0.6 is 0 Å². The first-order valence-electron chi connectivity index (χ1n) is 4.04. The Labute approximate surface area is 59.7 Å². The third-order valence-corrected chi connectivity index (χ3v) is 2.86. The van der Waals surface area contributed by atoms with Crippen molar-refractivity contribution in [2.45, 2.75) is 47.5 Å². The lowest BCUT2D eigenvalue weighted by Crippen LogP contribution is -2.19. The topological polar surface area (TPSA) is 0 Å². The van der Waals surface area contributed by atoms with Crippen LogP contribution in [0.4, 0.5) is 0 Å². The van der Waals surface area contributed by atoms with Gasteiger partial charge in [-0.1, -0.05) is 47.5 Å². The smallest absolute Gasteiger partial charge is 0.0331 e. The summed E-state index contributed by atoms with van der Waals surface area (Å²) in [5.41, 5.74) is 0.550. The van der Waals surface area contributed by atoms with E-state index < -0.39 is 0 Å². The lowest BCUT2D eigenvalue weighted by molar-refractivity contribution is 0.215. The molecule has 0 N–H and O–H groups in total. The first-order valence-corrected chi connectivity index (χ1v) is 4.04. The van der Waals surface area contributed by atoms with Crippen LogP contribution in [0.15, 0.2) is 0 Å². The largest absolute Gasteiger partial charge is 0.0651 e. The maximum atomic E-state index is 2.35. The van der Waals surface area contributed by atoms with Crippen molar-refractivity contribution >= 4 is 0 Å². The summed E-state index contributed by atoms with van der Waals surface area (Å²) in [6, 6.07) is 0. The van der Waals surface area contributed by atoms with Crippen molar-refractivity contribution in [3.8, 4) is 0 Å². The minimum atomic E-state index is 0.550. The molecule has 0 heterocycles. The van der Waals surface area contributed by atoms with E-state index in [2.05, 4.69) is 34.6 Å². The lowest BCUT2D eigenvalue weighted by atomic mass is 9.77.